The van der Waals surface area contributed by atoms with E-state index in [9.17, 15) is 0 Å². The van der Waals surface area contributed by atoms with Crippen LogP contribution in [0.3, 0.4) is 0 Å². The van der Waals surface area contributed by atoms with E-state index in [0.717, 1.165) is 58.7 Å². The molecule has 0 saturated heterocycles. The lowest BCUT2D eigenvalue weighted by Gasteiger charge is -2.37. The van der Waals surface area contributed by atoms with Gasteiger partial charge in [-0.25, -0.2) is 9.67 Å². The van der Waals surface area contributed by atoms with Gasteiger partial charge in [0.15, 0.2) is 11.9 Å². The first-order valence-electron chi connectivity index (χ1n) is 17.9. The molecule has 0 aliphatic rings. The molecule has 52 heavy (non-hydrogen) atoms. The summed E-state index contributed by atoms with van der Waals surface area (Å²) in [5.74, 6) is 2.41. The predicted molar refractivity (Wildman–Crippen MR) is 205 cm³/mol. The molecule has 8 aromatic rings. The van der Waals surface area contributed by atoms with Crippen molar-refractivity contribution in [3.8, 4) is 5.75 Å². The second-order valence-electron chi connectivity index (χ2n) is 13.1. The van der Waals surface area contributed by atoms with Crippen LogP contribution in [0.4, 0.5) is 0 Å². The van der Waals surface area contributed by atoms with Crippen LogP contribution >= 0.6 is 0 Å². The molecule has 2 aromatic heterocycles. The highest BCUT2D eigenvalue weighted by atomic mass is 16.5. The Bertz CT molecular complexity index is 2270. The number of hydrogen-bond donors (Lipinski definition) is 0. The van der Waals surface area contributed by atoms with Crippen molar-refractivity contribution >= 4 is 11.0 Å². The number of tetrazole rings is 1. The fourth-order valence-corrected chi connectivity index (χ4v) is 7.32. The molecule has 1 atom stereocenters. The first kappa shape index (κ1) is 32.8. The Labute approximate surface area is 304 Å². The van der Waals surface area contributed by atoms with E-state index in [2.05, 4.69) is 139 Å². The summed E-state index contributed by atoms with van der Waals surface area (Å²) in [6.45, 7) is 5.06. The van der Waals surface area contributed by atoms with E-state index in [0.29, 0.717) is 5.82 Å². The van der Waals surface area contributed by atoms with Gasteiger partial charge in [0.25, 0.3) is 0 Å². The molecular weight excluding hydrogens is 641 g/mol. The van der Waals surface area contributed by atoms with E-state index in [1.807, 2.05) is 53.2 Å². The molecular formula is C45H40N6O. The molecule has 7 nitrogen and oxygen atoms in total. The second kappa shape index (κ2) is 14.5. The molecule has 8 rings (SSSR count). The lowest BCUT2D eigenvalue weighted by atomic mass is 9.77. The lowest BCUT2D eigenvalue weighted by molar-refractivity contribution is 0.222. The molecule has 0 aliphatic heterocycles. The molecule has 256 valence electrons. The van der Waals surface area contributed by atoms with Gasteiger partial charge in [-0.1, -0.05) is 153 Å². The molecule has 0 saturated carbocycles. The first-order valence-corrected chi connectivity index (χ1v) is 17.9. The SMILES string of the molecule is CCCc1nc2c(C)cccc2n1Cc1ccc(OC(c2ccccc2)c2nnnn2C(c2ccccc2)(c2ccccc2)c2ccccc2)cc1. The Hall–Kier alpha value is -6.34. The van der Waals surface area contributed by atoms with E-state index < -0.39 is 11.6 Å². The van der Waals surface area contributed by atoms with Crippen LogP contribution in [0.25, 0.3) is 11.0 Å². The Kier molecular flexibility index (Phi) is 9.15. The summed E-state index contributed by atoms with van der Waals surface area (Å²) in [5.41, 5.74) is 7.74. The van der Waals surface area contributed by atoms with Crippen LogP contribution in [-0.2, 0) is 18.5 Å². The minimum absolute atomic E-state index is 0.580. The van der Waals surface area contributed by atoms with Crippen LogP contribution in [0.15, 0.2) is 164 Å². The molecule has 0 spiro atoms. The summed E-state index contributed by atoms with van der Waals surface area (Å²) >= 11 is 0. The Morgan fingerprint density at radius 2 is 1.23 bits per heavy atom. The van der Waals surface area contributed by atoms with Crippen molar-refractivity contribution in [3.05, 3.63) is 209 Å². The quantitative estimate of drug-likeness (QED) is 0.120. The van der Waals surface area contributed by atoms with Crippen molar-refractivity contribution in [3.63, 3.8) is 0 Å². The number of hydrogen-bond acceptors (Lipinski definition) is 5. The fourth-order valence-electron chi connectivity index (χ4n) is 7.32. The molecule has 0 amide bonds. The van der Waals surface area contributed by atoms with Gasteiger partial charge in [-0.3, -0.25) is 0 Å². The van der Waals surface area contributed by atoms with Crippen LogP contribution in [-0.4, -0.2) is 29.8 Å². The number of imidazole rings is 1. The maximum atomic E-state index is 6.94. The summed E-state index contributed by atoms with van der Waals surface area (Å²) in [5, 5.41) is 13.8. The van der Waals surface area contributed by atoms with Gasteiger partial charge < -0.3 is 9.30 Å². The predicted octanol–water partition coefficient (Wildman–Crippen LogP) is 9.34. The van der Waals surface area contributed by atoms with Gasteiger partial charge in [0, 0.05) is 18.5 Å². The number of aryl methyl sites for hydroxylation is 2. The van der Waals surface area contributed by atoms with Crippen molar-refractivity contribution in [1.29, 1.82) is 0 Å². The van der Waals surface area contributed by atoms with Crippen molar-refractivity contribution < 1.29 is 4.74 Å². The number of ether oxygens (including phenoxy) is 1. The van der Waals surface area contributed by atoms with Crippen molar-refractivity contribution in [2.45, 2.75) is 44.9 Å². The van der Waals surface area contributed by atoms with Gasteiger partial charge in [-0.15, -0.1) is 5.10 Å². The van der Waals surface area contributed by atoms with Gasteiger partial charge in [-0.2, -0.15) is 0 Å². The molecule has 0 fully saturated rings. The maximum absolute atomic E-state index is 6.94. The van der Waals surface area contributed by atoms with Gasteiger partial charge in [0.05, 0.1) is 11.0 Å². The smallest absolute Gasteiger partial charge is 0.198 e. The molecule has 0 aliphatic carbocycles. The summed E-state index contributed by atoms with van der Waals surface area (Å²) in [6, 6.07) is 56.2. The van der Waals surface area contributed by atoms with E-state index in [1.165, 1.54) is 16.6 Å². The van der Waals surface area contributed by atoms with Crippen molar-refractivity contribution in [2.24, 2.45) is 0 Å². The summed E-state index contributed by atoms with van der Waals surface area (Å²) in [4.78, 5) is 5.03. The number of benzene rings is 6. The van der Waals surface area contributed by atoms with E-state index in [-0.39, 0.29) is 0 Å². The average molecular weight is 681 g/mol. The molecule has 0 radical (unpaired) electrons. The topological polar surface area (TPSA) is 70.7 Å². The largest absolute Gasteiger partial charge is 0.478 e. The first-order chi connectivity index (χ1) is 25.7. The maximum Gasteiger partial charge on any atom is 0.198 e. The molecule has 2 heterocycles. The third-order valence-electron chi connectivity index (χ3n) is 9.77. The molecule has 7 heteroatoms. The number of para-hydroxylation sites is 1. The third-order valence-corrected chi connectivity index (χ3v) is 9.77. The van der Waals surface area contributed by atoms with Crippen molar-refractivity contribution in [2.75, 3.05) is 0 Å². The summed E-state index contributed by atoms with van der Waals surface area (Å²) in [7, 11) is 0. The highest BCUT2D eigenvalue weighted by Gasteiger charge is 2.43. The number of rotatable bonds is 12. The molecule has 1 unspecified atom stereocenters. The van der Waals surface area contributed by atoms with Crippen LogP contribution in [0.1, 0.15) is 64.5 Å². The number of aromatic nitrogens is 6. The van der Waals surface area contributed by atoms with Crippen LogP contribution < -0.4 is 4.74 Å². The normalized spacial score (nSPS) is 12.2. The Balaban J connectivity index is 1.22. The average Bonchev–Trinajstić information content (AvgIpc) is 3.83. The third kappa shape index (κ3) is 6.04. The lowest BCUT2D eigenvalue weighted by Crippen LogP contribution is -2.40. The van der Waals surface area contributed by atoms with Gasteiger partial charge >= 0.3 is 0 Å². The summed E-state index contributed by atoms with van der Waals surface area (Å²) < 4.78 is 11.2. The van der Waals surface area contributed by atoms with Crippen LogP contribution in [0, 0.1) is 6.92 Å². The van der Waals surface area contributed by atoms with Gasteiger partial charge in [-0.05, 0) is 69.8 Å². The minimum Gasteiger partial charge on any atom is -0.478 e. The highest BCUT2D eigenvalue weighted by molar-refractivity contribution is 5.79. The van der Waals surface area contributed by atoms with Gasteiger partial charge in [0.2, 0.25) is 0 Å². The minimum atomic E-state index is -0.898. The van der Waals surface area contributed by atoms with Gasteiger partial charge in [0.1, 0.15) is 17.1 Å². The molecule has 6 aromatic carbocycles. The van der Waals surface area contributed by atoms with E-state index in [1.54, 1.807) is 0 Å². The van der Waals surface area contributed by atoms with Crippen LogP contribution in [0.5, 0.6) is 5.75 Å². The zero-order valence-corrected chi connectivity index (χ0v) is 29.4. The zero-order valence-electron chi connectivity index (χ0n) is 29.4. The standard InChI is InChI=1S/C45H40N6O/c1-3-17-41-46-42-33(2)18-16-27-40(42)50(41)32-34-28-30-39(31-29-34)52-43(35-19-8-4-9-20-35)44-47-48-49-51(44)45(36-21-10-5-11-22-36,37-23-12-6-13-24-37)38-25-14-7-15-26-38/h4-16,18-31,43H,3,17,32H2,1-2H3. The van der Waals surface area contributed by atoms with E-state index >= 15 is 0 Å². The fraction of sp³-hybridized carbons (Fsp3) is 0.156. The molecule has 0 N–H and O–H groups in total. The monoisotopic (exact) mass is 680 g/mol. The number of fused-ring (bicyclic) bond motifs is 1. The highest BCUT2D eigenvalue weighted by Crippen LogP contribution is 2.42. The zero-order chi connectivity index (χ0) is 35.3. The van der Waals surface area contributed by atoms with Crippen molar-refractivity contribution in [1.82, 2.24) is 29.8 Å². The number of nitrogens with zero attached hydrogens (tertiary/aromatic N) is 6. The Morgan fingerprint density at radius 3 is 1.81 bits per heavy atom. The Morgan fingerprint density at radius 1 is 0.654 bits per heavy atom. The molecule has 0 bridgehead atoms. The summed E-state index contributed by atoms with van der Waals surface area (Å²) in [6.07, 6.45) is 1.35. The van der Waals surface area contributed by atoms with Crippen LogP contribution in [0.2, 0.25) is 0 Å². The van der Waals surface area contributed by atoms with E-state index in [4.69, 9.17) is 20.0 Å². The second-order valence-corrected chi connectivity index (χ2v) is 13.1.